The number of morpholine rings is 1. The Kier molecular flexibility index (Phi) is 4.96. The highest BCUT2D eigenvalue weighted by Gasteiger charge is 2.27. The Bertz CT molecular complexity index is 544. The fraction of sp³-hybridized carbons (Fsp3) is 0.438. The van der Waals surface area contributed by atoms with E-state index < -0.39 is 5.97 Å². The number of hydrogen-bond donors (Lipinski definition) is 1. The van der Waals surface area contributed by atoms with Gasteiger partial charge in [0.15, 0.2) is 0 Å². The molecule has 2 unspecified atom stereocenters. The molecule has 5 heteroatoms. The van der Waals surface area contributed by atoms with Crippen LogP contribution in [-0.2, 0) is 9.53 Å². The van der Waals surface area contributed by atoms with Crippen LogP contribution in [0.5, 0.6) is 0 Å². The predicted molar refractivity (Wildman–Crippen MR) is 79.9 cm³/mol. The molecule has 1 aliphatic heterocycles. The summed E-state index contributed by atoms with van der Waals surface area (Å²) in [7, 11) is 0. The van der Waals surface area contributed by atoms with E-state index in [0.717, 1.165) is 18.2 Å². The van der Waals surface area contributed by atoms with Gasteiger partial charge >= 0.3 is 5.97 Å². The van der Waals surface area contributed by atoms with Crippen molar-refractivity contribution in [3.8, 4) is 0 Å². The van der Waals surface area contributed by atoms with E-state index in [0.29, 0.717) is 18.7 Å². The summed E-state index contributed by atoms with van der Waals surface area (Å²) in [6.07, 6.45) is 3.47. The van der Waals surface area contributed by atoms with E-state index in [1.165, 1.54) is 18.2 Å². The molecule has 0 radical (unpaired) electrons. The maximum absolute atomic E-state index is 13.5. The molecule has 2 rings (SSSR count). The van der Waals surface area contributed by atoms with Crippen molar-refractivity contribution in [3.63, 3.8) is 0 Å². The molecule has 1 aromatic carbocycles. The molecule has 0 aromatic heterocycles. The minimum atomic E-state index is -1.05. The van der Waals surface area contributed by atoms with Gasteiger partial charge in [-0.05, 0) is 37.6 Å². The first-order chi connectivity index (χ1) is 10.0. The number of ether oxygens (including phenoxy) is 1. The molecular formula is C16H20FNO3. The number of carbonyl (C=O) groups is 1. The Morgan fingerprint density at radius 2 is 2.33 bits per heavy atom. The van der Waals surface area contributed by atoms with Crippen LogP contribution >= 0.6 is 0 Å². The summed E-state index contributed by atoms with van der Waals surface area (Å²) in [6.45, 7) is 5.40. The number of carboxylic acid groups (broad SMARTS) is 1. The fourth-order valence-electron chi connectivity index (χ4n) is 2.56. The molecule has 0 amide bonds. The zero-order valence-corrected chi connectivity index (χ0v) is 12.3. The molecule has 1 aliphatic rings. The molecule has 21 heavy (non-hydrogen) atoms. The summed E-state index contributed by atoms with van der Waals surface area (Å²) in [5.41, 5.74) is 1.42. The molecular weight excluding hydrogens is 273 g/mol. The van der Waals surface area contributed by atoms with Gasteiger partial charge in [-0.15, -0.1) is 0 Å². The average molecular weight is 293 g/mol. The van der Waals surface area contributed by atoms with Crippen molar-refractivity contribution in [2.24, 2.45) is 0 Å². The Morgan fingerprint density at radius 3 is 3.00 bits per heavy atom. The Hall–Kier alpha value is -1.88. The summed E-state index contributed by atoms with van der Waals surface area (Å²) < 4.78 is 19.1. The van der Waals surface area contributed by atoms with E-state index in [4.69, 9.17) is 9.84 Å². The SMILES string of the molecule is CCC1COC(C)CN1c1ccc(F)cc1C=CC(=O)O. The van der Waals surface area contributed by atoms with Crippen LogP contribution in [0.15, 0.2) is 24.3 Å². The van der Waals surface area contributed by atoms with E-state index >= 15 is 0 Å². The van der Waals surface area contributed by atoms with Gasteiger partial charge in [-0.1, -0.05) is 6.92 Å². The molecule has 1 N–H and O–H groups in total. The normalized spacial score (nSPS) is 22.7. The number of carboxylic acids is 1. The fourth-order valence-corrected chi connectivity index (χ4v) is 2.56. The van der Waals surface area contributed by atoms with Crippen LogP contribution in [0, 0.1) is 5.82 Å². The van der Waals surface area contributed by atoms with Gasteiger partial charge in [0.25, 0.3) is 0 Å². The van der Waals surface area contributed by atoms with Crippen molar-refractivity contribution < 1.29 is 19.0 Å². The third kappa shape index (κ3) is 3.82. The molecule has 0 bridgehead atoms. The van der Waals surface area contributed by atoms with Gasteiger partial charge in [0.05, 0.1) is 18.8 Å². The monoisotopic (exact) mass is 293 g/mol. The Morgan fingerprint density at radius 1 is 1.57 bits per heavy atom. The largest absolute Gasteiger partial charge is 0.478 e. The number of benzene rings is 1. The average Bonchev–Trinajstić information content (AvgIpc) is 2.45. The number of anilines is 1. The lowest BCUT2D eigenvalue weighted by molar-refractivity contribution is -0.131. The summed E-state index contributed by atoms with van der Waals surface area (Å²) in [5.74, 6) is -1.43. The first-order valence-electron chi connectivity index (χ1n) is 7.10. The van der Waals surface area contributed by atoms with E-state index in [9.17, 15) is 9.18 Å². The first kappa shape index (κ1) is 15.5. The number of rotatable bonds is 4. The van der Waals surface area contributed by atoms with Gasteiger partial charge in [0.1, 0.15) is 5.82 Å². The summed E-state index contributed by atoms with van der Waals surface area (Å²) in [5, 5.41) is 8.77. The molecule has 0 saturated carbocycles. The minimum Gasteiger partial charge on any atom is -0.478 e. The smallest absolute Gasteiger partial charge is 0.328 e. The van der Waals surface area contributed by atoms with Crippen LogP contribution < -0.4 is 4.90 Å². The lowest BCUT2D eigenvalue weighted by Crippen LogP contribution is -2.49. The lowest BCUT2D eigenvalue weighted by atomic mass is 10.1. The van der Waals surface area contributed by atoms with Crippen LogP contribution in [-0.4, -0.2) is 36.4 Å². The summed E-state index contributed by atoms with van der Waals surface area (Å²) >= 11 is 0. The highest BCUT2D eigenvalue weighted by atomic mass is 19.1. The highest BCUT2D eigenvalue weighted by molar-refractivity contribution is 5.87. The van der Waals surface area contributed by atoms with Crippen molar-refractivity contribution in [3.05, 3.63) is 35.7 Å². The molecule has 1 fully saturated rings. The Balaban J connectivity index is 2.38. The van der Waals surface area contributed by atoms with Gasteiger partial charge in [0, 0.05) is 23.9 Å². The number of nitrogens with zero attached hydrogens (tertiary/aromatic N) is 1. The van der Waals surface area contributed by atoms with Crippen LogP contribution in [0.2, 0.25) is 0 Å². The van der Waals surface area contributed by atoms with Gasteiger partial charge in [-0.25, -0.2) is 9.18 Å². The molecule has 4 nitrogen and oxygen atoms in total. The van der Waals surface area contributed by atoms with E-state index in [1.807, 2.05) is 6.92 Å². The second-order valence-corrected chi connectivity index (χ2v) is 5.23. The van der Waals surface area contributed by atoms with Gasteiger partial charge in [0.2, 0.25) is 0 Å². The minimum absolute atomic E-state index is 0.0918. The van der Waals surface area contributed by atoms with Gasteiger partial charge in [-0.3, -0.25) is 0 Å². The predicted octanol–water partition coefficient (Wildman–Crippen LogP) is 2.93. The summed E-state index contributed by atoms with van der Waals surface area (Å²) in [6, 6.07) is 4.68. The molecule has 2 atom stereocenters. The van der Waals surface area contributed by atoms with Crippen molar-refractivity contribution in [1.82, 2.24) is 0 Å². The number of halogens is 1. The third-order valence-corrected chi connectivity index (χ3v) is 3.64. The topological polar surface area (TPSA) is 49.8 Å². The Labute approximate surface area is 123 Å². The zero-order valence-electron chi connectivity index (χ0n) is 12.3. The van der Waals surface area contributed by atoms with Crippen LogP contribution in [0.4, 0.5) is 10.1 Å². The number of aliphatic carboxylic acids is 1. The third-order valence-electron chi connectivity index (χ3n) is 3.64. The summed E-state index contributed by atoms with van der Waals surface area (Å²) in [4.78, 5) is 12.9. The molecule has 1 aromatic rings. The van der Waals surface area contributed by atoms with Crippen molar-refractivity contribution in [2.75, 3.05) is 18.1 Å². The van der Waals surface area contributed by atoms with Crippen molar-refractivity contribution in [2.45, 2.75) is 32.4 Å². The second-order valence-electron chi connectivity index (χ2n) is 5.23. The van der Waals surface area contributed by atoms with E-state index in [1.54, 1.807) is 6.07 Å². The molecule has 1 heterocycles. The van der Waals surface area contributed by atoms with Gasteiger partial charge in [-0.2, -0.15) is 0 Å². The lowest BCUT2D eigenvalue weighted by Gasteiger charge is -2.40. The standard InChI is InChI=1S/C16H20FNO3/c1-3-14-10-21-11(2)9-18(14)15-6-5-13(17)8-12(15)4-7-16(19)20/h4-8,11,14H,3,9-10H2,1-2H3,(H,19,20). The van der Waals surface area contributed by atoms with Crippen LogP contribution in [0.3, 0.4) is 0 Å². The maximum Gasteiger partial charge on any atom is 0.328 e. The molecule has 1 saturated heterocycles. The zero-order chi connectivity index (χ0) is 15.4. The molecule has 0 spiro atoms. The van der Waals surface area contributed by atoms with Gasteiger partial charge < -0.3 is 14.7 Å². The van der Waals surface area contributed by atoms with E-state index in [-0.39, 0.29) is 18.0 Å². The van der Waals surface area contributed by atoms with Crippen molar-refractivity contribution in [1.29, 1.82) is 0 Å². The van der Waals surface area contributed by atoms with Crippen molar-refractivity contribution >= 4 is 17.7 Å². The van der Waals surface area contributed by atoms with Crippen LogP contribution in [0.1, 0.15) is 25.8 Å². The first-order valence-corrected chi connectivity index (χ1v) is 7.10. The highest BCUT2D eigenvalue weighted by Crippen LogP contribution is 2.28. The number of hydrogen-bond acceptors (Lipinski definition) is 3. The maximum atomic E-state index is 13.5. The van der Waals surface area contributed by atoms with E-state index in [2.05, 4.69) is 11.8 Å². The van der Waals surface area contributed by atoms with Crippen LogP contribution in [0.25, 0.3) is 6.08 Å². The molecule has 114 valence electrons. The quantitative estimate of drug-likeness (QED) is 0.867. The molecule has 0 aliphatic carbocycles. The second kappa shape index (κ2) is 6.72.